The van der Waals surface area contributed by atoms with Gasteiger partial charge in [0.1, 0.15) is 11.4 Å². The van der Waals surface area contributed by atoms with Crippen LogP contribution in [0, 0.1) is 52.3 Å². The average molecular weight is 453 g/mol. The van der Waals surface area contributed by atoms with Crippen LogP contribution in [0.25, 0.3) is 0 Å². The number of benzene rings is 1. The van der Waals surface area contributed by atoms with E-state index in [0.29, 0.717) is 28.1 Å². The van der Waals surface area contributed by atoms with E-state index in [1.54, 1.807) is 0 Å². The van der Waals surface area contributed by atoms with Crippen molar-refractivity contribution in [2.45, 2.75) is 84.2 Å². The van der Waals surface area contributed by atoms with E-state index in [4.69, 9.17) is 11.6 Å². The number of fused-ring (bicyclic) bond motifs is 5. The van der Waals surface area contributed by atoms with E-state index in [1.807, 2.05) is 31.2 Å². The smallest absolute Gasteiger partial charge is 0.133 e. The number of carbonyl (C=O) groups is 1. The van der Waals surface area contributed by atoms with Crippen molar-refractivity contribution in [1.29, 1.82) is 0 Å². The number of carbonyl (C=O) groups excluding carboxylic acids is 1. The number of hydrogen-bond acceptors (Lipinski definition) is 2. The van der Waals surface area contributed by atoms with Crippen molar-refractivity contribution in [2.75, 3.05) is 0 Å². The Kier molecular flexibility index (Phi) is 5.54. The molecular weight excluding hydrogens is 416 g/mol. The molecular formula is C29H37ClO2. The maximum atomic E-state index is 12.4. The Morgan fingerprint density at radius 1 is 0.969 bits per heavy atom. The standard InChI is InChI=1S/C29H37ClO2/c1-19(31)24-10-11-25-23-9-6-21-18-29(32,15-12-20-4-7-22(30)8-5-20)17-16-27(21,2)26(23)13-14-28(24,25)3/h4-5,7-8,21,23-26,32H,6,9-11,13-14,16-18H2,1-3H3/t21-,23+,24-,25+,26+,27+,28-,29-/m1/s1. The van der Waals surface area contributed by atoms with Crippen LogP contribution in [-0.4, -0.2) is 16.5 Å². The van der Waals surface area contributed by atoms with Gasteiger partial charge in [0.2, 0.25) is 0 Å². The molecule has 0 heterocycles. The van der Waals surface area contributed by atoms with Crippen LogP contribution in [0.4, 0.5) is 0 Å². The highest BCUT2D eigenvalue weighted by atomic mass is 35.5. The minimum Gasteiger partial charge on any atom is -0.378 e. The largest absolute Gasteiger partial charge is 0.378 e. The van der Waals surface area contributed by atoms with Gasteiger partial charge in [0.05, 0.1) is 0 Å². The number of hydrogen-bond donors (Lipinski definition) is 1. The molecule has 4 fully saturated rings. The van der Waals surface area contributed by atoms with E-state index in [2.05, 4.69) is 25.7 Å². The topological polar surface area (TPSA) is 37.3 Å². The second-order valence-electron chi connectivity index (χ2n) is 11.9. The first-order valence-corrected chi connectivity index (χ1v) is 13.0. The molecule has 1 aromatic rings. The van der Waals surface area contributed by atoms with Gasteiger partial charge in [-0.25, -0.2) is 0 Å². The molecule has 0 unspecified atom stereocenters. The fraction of sp³-hybridized carbons (Fsp3) is 0.690. The summed E-state index contributed by atoms with van der Waals surface area (Å²) in [5.74, 6) is 9.87. The summed E-state index contributed by atoms with van der Waals surface area (Å²) >= 11 is 5.99. The van der Waals surface area contributed by atoms with Crippen LogP contribution in [0.1, 0.15) is 84.1 Å². The van der Waals surface area contributed by atoms with Gasteiger partial charge in [-0.15, -0.1) is 0 Å². The van der Waals surface area contributed by atoms with Gasteiger partial charge in [0, 0.05) is 16.5 Å². The zero-order valence-electron chi connectivity index (χ0n) is 19.8. The third kappa shape index (κ3) is 3.56. The summed E-state index contributed by atoms with van der Waals surface area (Å²) in [4.78, 5) is 12.4. The molecule has 4 aliphatic rings. The van der Waals surface area contributed by atoms with Crippen LogP contribution in [0.15, 0.2) is 24.3 Å². The number of ketones is 1. The fourth-order valence-corrected chi connectivity index (χ4v) is 8.87. The molecule has 0 saturated heterocycles. The highest BCUT2D eigenvalue weighted by Gasteiger charge is 2.61. The van der Waals surface area contributed by atoms with Gasteiger partial charge >= 0.3 is 0 Å². The molecule has 0 aromatic heterocycles. The zero-order chi connectivity index (χ0) is 22.7. The summed E-state index contributed by atoms with van der Waals surface area (Å²) in [5.41, 5.74) is 0.544. The van der Waals surface area contributed by atoms with E-state index >= 15 is 0 Å². The molecule has 32 heavy (non-hydrogen) atoms. The van der Waals surface area contributed by atoms with Crippen LogP contribution >= 0.6 is 11.6 Å². The summed E-state index contributed by atoms with van der Waals surface area (Å²) in [6, 6.07) is 7.55. The lowest BCUT2D eigenvalue weighted by Crippen LogP contribution is -2.56. The highest BCUT2D eigenvalue weighted by Crippen LogP contribution is 2.68. The lowest BCUT2D eigenvalue weighted by molar-refractivity contribution is -0.144. The van der Waals surface area contributed by atoms with Gasteiger partial charge in [-0.1, -0.05) is 37.3 Å². The quantitative estimate of drug-likeness (QED) is 0.483. The minimum absolute atomic E-state index is 0.218. The number of Topliss-reactive ketones (excluding diaryl/α,β-unsaturated/α-hetero) is 1. The molecule has 172 valence electrons. The Morgan fingerprint density at radius 3 is 2.41 bits per heavy atom. The van der Waals surface area contributed by atoms with Gasteiger partial charge in [-0.05, 0) is 123 Å². The number of aliphatic hydroxyl groups is 1. The van der Waals surface area contributed by atoms with E-state index in [-0.39, 0.29) is 11.3 Å². The Hall–Kier alpha value is -1.30. The second-order valence-corrected chi connectivity index (χ2v) is 12.4. The molecule has 5 rings (SSSR count). The van der Waals surface area contributed by atoms with E-state index in [1.165, 1.54) is 32.1 Å². The van der Waals surface area contributed by atoms with Crippen molar-refractivity contribution in [1.82, 2.24) is 0 Å². The fourth-order valence-electron chi connectivity index (χ4n) is 8.75. The summed E-state index contributed by atoms with van der Waals surface area (Å²) in [7, 11) is 0. The van der Waals surface area contributed by atoms with Crippen molar-refractivity contribution < 1.29 is 9.90 Å². The summed E-state index contributed by atoms with van der Waals surface area (Å²) in [6.45, 7) is 6.75. The average Bonchev–Trinajstić information content (AvgIpc) is 3.12. The first-order chi connectivity index (χ1) is 15.1. The lowest BCUT2D eigenvalue weighted by atomic mass is 9.44. The van der Waals surface area contributed by atoms with Gasteiger partial charge < -0.3 is 5.11 Å². The third-order valence-corrected chi connectivity index (χ3v) is 10.8. The Balaban J connectivity index is 1.34. The molecule has 4 aliphatic carbocycles. The number of halogens is 1. The summed E-state index contributed by atoms with van der Waals surface area (Å²) in [5, 5.41) is 12.1. The maximum Gasteiger partial charge on any atom is 0.133 e. The molecule has 0 aliphatic heterocycles. The predicted molar refractivity (Wildman–Crippen MR) is 129 cm³/mol. The van der Waals surface area contributed by atoms with Crippen molar-refractivity contribution >= 4 is 17.4 Å². The second kappa shape index (κ2) is 7.89. The van der Waals surface area contributed by atoms with Gasteiger partial charge in [0.15, 0.2) is 0 Å². The first-order valence-electron chi connectivity index (χ1n) is 12.7. The summed E-state index contributed by atoms with van der Waals surface area (Å²) in [6.07, 6.45) is 9.86. The van der Waals surface area contributed by atoms with Crippen LogP contribution in [0.3, 0.4) is 0 Å². The molecule has 1 aromatic carbocycles. The molecule has 1 N–H and O–H groups in total. The Morgan fingerprint density at radius 2 is 1.69 bits per heavy atom. The van der Waals surface area contributed by atoms with Gasteiger partial charge in [-0.3, -0.25) is 4.79 Å². The van der Waals surface area contributed by atoms with Crippen molar-refractivity contribution in [3.8, 4) is 11.8 Å². The molecule has 0 spiro atoms. The molecule has 0 amide bonds. The SMILES string of the molecule is CC(=O)[C@H]1CC[C@H]2[C@@H]3CC[C@@H]4C[C@@](O)(C#Cc5ccc(Cl)cc5)CC[C@]4(C)[C@H]3CC[C@]12C. The molecule has 0 radical (unpaired) electrons. The zero-order valence-corrected chi connectivity index (χ0v) is 20.5. The Bertz CT molecular complexity index is 958. The molecule has 4 saturated carbocycles. The predicted octanol–water partition coefficient (Wildman–Crippen LogP) is 6.67. The van der Waals surface area contributed by atoms with Gasteiger partial charge in [0.25, 0.3) is 0 Å². The summed E-state index contributed by atoms with van der Waals surface area (Å²) < 4.78 is 0. The van der Waals surface area contributed by atoms with Crippen molar-refractivity contribution in [2.24, 2.45) is 40.4 Å². The molecule has 2 nitrogen and oxygen atoms in total. The Labute approximate surface area is 198 Å². The monoisotopic (exact) mass is 452 g/mol. The molecule has 3 heteroatoms. The first kappa shape index (κ1) is 22.5. The maximum absolute atomic E-state index is 12.4. The van der Waals surface area contributed by atoms with Crippen molar-refractivity contribution in [3.05, 3.63) is 34.9 Å². The number of rotatable bonds is 1. The van der Waals surface area contributed by atoms with E-state index in [9.17, 15) is 9.90 Å². The minimum atomic E-state index is -0.882. The van der Waals surface area contributed by atoms with Crippen molar-refractivity contribution in [3.63, 3.8) is 0 Å². The molecule has 0 bridgehead atoms. The van der Waals surface area contributed by atoms with Gasteiger partial charge in [-0.2, -0.15) is 0 Å². The normalized spacial score (nSPS) is 45.1. The van der Waals surface area contributed by atoms with E-state index < -0.39 is 5.60 Å². The van der Waals surface area contributed by atoms with Crippen LogP contribution in [0.2, 0.25) is 5.02 Å². The third-order valence-electron chi connectivity index (χ3n) is 10.5. The van der Waals surface area contributed by atoms with Crippen LogP contribution < -0.4 is 0 Å². The highest BCUT2D eigenvalue weighted by molar-refractivity contribution is 6.30. The molecule has 8 atom stereocenters. The lowest BCUT2D eigenvalue weighted by Gasteiger charge is -2.61. The van der Waals surface area contributed by atoms with Crippen LogP contribution in [-0.2, 0) is 4.79 Å². The van der Waals surface area contributed by atoms with Crippen LogP contribution in [0.5, 0.6) is 0 Å². The van der Waals surface area contributed by atoms with E-state index in [0.717, 1.165) is 43.1 Å².